The number of rotatable bonds is 5. The quantitative estimate of drug-likeness (QED) is 0.791. The highest BCUT2D eigenvalue weighted by molar-refractivity contribution is 5.24. The van der Waals surface area contributed by atoms with E-state index in [4.69, 9.17) is 0 Å². The molecule has 1 unspecified atom stereocenters. The van der Waals surface area contributed by atoms with Gasteiger partial charge in [-0.1, -0.05) is 31.0 Å². The smallest absolute Gasteiger partial charge is 0.126 e. The van der Waals surface area contributed by atoms with Crippen molar-refractivity contribution in [2.24, 2.45) is 0 Å². The average Bonchev–Trinajstić information content (AvgIpc) is 2.20. The zero-order valence-corrected chi connectivity index (χ0v) is 9.46. The van der Waals surface area contributed by atoms with Crippen LogP contribution < -0.4 is 0 Å². The van der Waals surface area contributed by atoms with Crippen molar-refractivity contribution in [2.75, 3.05) is 0 Å². The number of aryl methyl sites for hydroxylation is 2. The summed E-state index contributed by atoms with van der Waals surface area (Å²) in [7, 11) is 0. The first kappa shape index (κ1) is 12.2. The normalized spacial score (nSPS) is 12.8. The molecule has 1 atom stereocenters. The Bertz CT molecular complexity index is 309. The number of hydrogen-bond acceptors (Lipinski definition) is 1. The summed E-state index contributed by atoms with van der Waals surface area (Å²) in [4.78, 5) is 0. The maximum atomic E-state index is 13.3. The highest BCUT2D eigenvalue weighted by atomic mass is 19.1. The van der Waals surface area contributed by atoms with Gasteiger partial charge in [0, 0.05) is 0 Å². The Balaban J connectivity index is 2.53. The van der Waals surface area contributed by atoms with Gasteiger partial charge in [-0.2, -0.15) is 0 Å². The van der Waals surface area contributed by atoms with Gasteiger partial charge in [0.1, 0.15) is 5.82 Å². The molecule has 0 aliphatic heterocycles. The van der Waals surface area contributed by atoms with Gasteiger partial charge in [-0.05, 0) is 37.8 Å². The molecule has 1 N–H and O–H groups in total. The minimum Gasteiger partial charge on any atom is -0.393 e. The van der Waals surface area contributed by atoms with Gasteiger partial charge in [0.05, 0.1) is 6.10 Å². The molecule has 0 aliphatic rings. The maximum Gasteiger partial charge on any atom is 0.126 e. The van der Waals surface area contributed by atoms with Crippen molar-refractivity contribution < 1.29 is 9.50 Å². The van der Waals surface area contributed by atoms with Crippen molar-refractivity contribution in [3.8, 4) is 0 Å². The summed E-state index contributed by atoms with van der Waals surface area (Å²) in [5, 5.41) is 9.55. The second-order valence-electron chi connectivity index (χ2n) is 4.08. The third-order valence-electron chi connectivity index (χ3n) is 2.57. The Morgan fingerprint density at radius 2 is 2.07 bits per heavy atom. The number of aliphatic hydroxyl groups excluding tert-OH is 1. The SMILES string of the molecule is CCCC(O)CCc1cc(C)ccc1F. The molecule has 0 heterocycles. The van der Waals surface area contributed by atoms with E-state index in [9.17, 15) is 9.50 Å². The first-order valence-corrected chi connectivity index (χ1v) is 5.56. The van der Waals surface area contributed by atoms with Crippen molar-refractivity contribution >= 4 is 0 Å². The Morgan fingerprint density at radius 1 is 1.33 bits per heavy atom. The standard InChI is InChI=1S/C13H19FO/c1-3-4-12(15)7-6-11-9-10(2)5-8-13(11)14/h5,8-9,12,15H,3-4,6-7H2,1-2H3. The maximum absolute atomic E-state index is 13.3. The second kappa shape index (κ2) is 5.86. The fourth-order valence-corrected chi connectivity index (χ4v) is 1.69. The third kappa shape index (κ3) is 4.00. The molecule has 1 nitrogen and oxygen atoms in total. The first-order chi connectivity index (χ1) is 7.13. The molecule has 0 saturated carbocycles. The second-order valence-corrected chi connectivity index (χ2v) is 4.08. The van der Waals surface area contributed by atoms with Gasteiger partial charge in [-0.15, -0.1) is 0 Å². The van der Waals surface area contributed by atoms with Gasteiger partial charge in [0.25, 0.3) is 0 Å². The van der Waals surface area contributed by atoms with Crippen LogP contribution in [0.3, 0.4) is 0 Å². The van der Waals surface area contributed by atoms with Gasteiger partial charge < -0.3 is 5.11 Å². The molecule has 0 amide bonds. The molecule has 15 heavy (non-hydrogen) atoms. The van der Waals surface area contributed by atoms with Crippen LogP contribution in [0, 0.1) is 12.7 Å². The monoisotopic (exact) mass is 210 g/mol. The van der Waals surface area contributed by atoms with Crippen molar-refractivity contribution in [1.29, 1.82) is 0 Å². The van der Waals surface area contributed by atoms with Crippen molar-refractivity contribution in [1.82, 2.24) is 0 Å². The average molecular weight is 210 g/mol. The molecule has 0 saturated heterocycles. The molecule has 0 fully saturated rings. The molecule has 1 rings (SSSR count). The van der Waals surface area contributed by atoms with Crippen molar-refractivity contribution in [3.05, 3.63) is 35.1 Å². The van der Waals surface area contributed by atoms with E-state index in [0.29, 0.717) is 18.4 Å². The minimum absolute atomic E-state index is 0.163. The van der Waals surface area contributed by atoms with E-state index in [1.54, 1.807) is 6.07 Å². The zero-order chi connectivity index (χ0) is 11.3. The predicted molar refractivity (Wildman–Crippen MR) is 60.4 cm³/mol. The lowest BCUT2D eigenvalue weighted by Gasteiger charge is -2.09. The van der Waals surface area contributed by atoms with Crippen LogP contribution in [-0.4, -0.2) is 11.2 Å². The van der Waals surface area contributed by atoms with E-state index in [0.717, 1.165) is 18.4 Å². The van der Waals surface area contributed by atoms with Crippen LogP contribution >= 0.6 is 0 Å². The fraction of sp³-hybridized carbons (Fsp3) is 0.538. The molecule has 0 radical (unpaired) electrons. The number of halogens is 1. The zero-order valence-electron chi connectivity index (χ0n) is 9.46. The van der Waals surface area contributed by atoms with Gasteiger partial charge in [-0.3, -0.25) is 0 Å². The molecule has 2 heteroatoms. The van der Waals surface area contributed by atoms with Crippen LogP contribution in [0.1, 0.15) is 37.3 Å². The molecule has 84 valence electrons. The van der Waals surface area contributed by atoms with E-state index in [-0.39, 0.29) is 11.9 Å². The van der Waals surface area contributed by atoms with Crippen LogP contribution in [-0.2, 0) is 6.42 Å². The van der Waals surface area contributed by atoms with E-state index in [2.05, 4.69) is 0 Å². The van der Waals surface area contributed by atoms with Crippen molar-refractivity contribution in [2.45, 2.75) is 45.6 Å². The van der Waals surface area contributed by atoms with Gasteiger partial charge in [0.2, 0.25) is 0 Å². The number of hydrogen-bond donors (Lipinski definition) is 1. The molecular formula is C13H19FO. The molecule has 1 aromatic carbocycles. The van der Waals surface area contributed by atoms with Gasteiger partial charge in [0.15, 0.2) is 0 Å². The first-order valence-electron chi connectivity index (χ1n) is 5.56. The topological polar surface area (TPSA) is 20.2 Å². The lowest BCUT2D eigenvalue weighted by molar-refractivity contribution is 0.153. The molecular weight excluding hydrogens is 191 g/mol. The van der Waals surface area contributed by atoms with E-state index in [1.165, 1.54) is 6.07 Å². The third-order valence-corrected chi connectivity index (χ3v) is 2.57. The lowest BCUT2D eigenvalue weighted by atomic mass is 10.0. The van der Waals surface area contributed by atoms with E-state index >= 15 is 0 Å². The van der Waals surface area contributed by atoms with Crippen LogP contribution in [0.25, 0.3) is 0 Å². The molecule has 0 aliphatic carbocycles. The minimum atomic E-state index is -0.296. The van der Waals surface area contributed by atoms with Crippen molar-refractivity contribution in [3.63, 3.8) is 0 Å². The molecule has 1 aromatic rings. The Kier molecular flexibility index (Phi) is 4.76. The highest BCUT2D eigenvalue weighted by Crippen LogP contribution is 2.14. The van der Waals surface area contributed by atoms with Gasteiger partial charge >= 0.3 is 0 Å². The largest absolute Gasteiger partial charge is 0.393 e. The van der Waals surface area contributed by atoms with Crippen LogP contribution in [0.2, 0.25) is 0 Å². The molecule has 0 bridgehead atoms. The van der Waals surface area contributed by atoms with Crippen LogP contribution in [0.4, 0.5) is 4.39 Å². The highest BCUT2D eigenvalue weighted by Gasteiger charge is 2.06. The van der Waals surface area contributed by atoms with Gasteiger partial charge in [-0.25, -0.2) is 4.39 Å². The fourth-order valence-electron chi connectivity index (χ4n) is 1.69. The van der Waals surface area contributed by atoms with E-state index < -0.39 is 0 Å². The lowest BCUT2D eigenvalue weighted by Crippen LogP contribution is -2.07. The van der Waals surface area contributed by atoms with Crippen LogP contribution in [0.15, 0.2) is 18.2 Å². The Hall–Kier alpha value is -0.890. The molecule has 0 aromatic heterocycles. The summed E-state index contributed by atoms with van der Waals surface area (Å²) < 4.78 is 13.3. The molecule has 0 spiro atoms. The Morgan fingerprint density at radius 3 is 2.73 bits per heavy atom. The van der Waals surface area contributed by atoms with Crippen LogP contribution in [0.5, 0.6) is 0 Å². The Labute approximate surface area is 90.9 Å². The summed E-state index contributed by atoms with van der Waals surface area (Å²) in [6.45, 7) is 3.99. The summed E-state index contributed by atoms with van der Waals surface area (Å²) in [5.74, 6) is -0.163. The number of benzene rings is 1. The summed E-state index contributed by atoms with van der Waals surface area (Å²) in [5.41, 5.74) is 1.78. The summed E-state index contributed by atoms with van der Waals surface area (Å²) in [6, 6.07) is 5.12. The predicted octanol–water partition coefficient (Wildman–Crippen LogP) is 3.23. The number of aliphatic hydroxyl groups is 1. The summed E-state index contributed by atoms with van der Waals surface area (Å²) in [6.07, 6.45) is 2.74. The van der Waals surface area contributed by atoms with E-state index in [1.807, 2.05) is 19.9 Å². The summed E-state index contributed by atoms with van der Waals surface area (Å²) >= 11 is 0.